The molecular weight excluding hydrogens is 204 g/mol. The van der Waals surface area contributed by atoms with Crippen LogP contribution in [-0.4, -0.2) is 36.1 Å². The maximum atomic E-state index is 12.5. The number of hydrogen-bond acceptors (Lipinski definition) is 2. The van der Waals surface area contributed by atoms with Crippen LogP contribution >= 0.6 is 0 Å². The van der Waals surface area contributed by atoms with Crippen LogP contribution in [0.15, 0.2) is 11.6 Å². The first kappa shape index (κ1) is 11.9. The lowest BCUT2D eigenvalue weighted by atomic mass is 10.2. The molecule has 0 radical (unpaired) electrons. The van der Waals surface area contributed by atoms with Gasteiger partial charge in [-0.3, -0.25) is 0 Å². The Labute approximate surface area is 87.7 Å². The number of allylic oxidation sites excluding steroid dienone is 1. The Hall–Kier alpha value is -1.13. The lowest BCUT2D eigenvalue weighted by molar-refractivity contribution is 0.0304. The van der Waals surface area contributed by atoms with Gasteiger partial charge in [0.2, 0.25) is 0 Å². The SMILES string of the molecule is CN(CC1=CC1(F)F)C(=O)OC(C)(C)C. The number of hydrogen-bond donors (Lipinski definition) is 0. The highest BCUT2D eigenvalue weighted by molar-refractivity contribution is 5.68. The highest BCUT2D eigenvalue weighted by Crippen LogP contribution is 2.40. The Morgan fingerprint density at radius 3 is 2.33 bits per heavy atom. The lowest BCUT2D eigenvalue weighted by Crippen LogP contribution is -2.35. The summed E-state index contributed by atoms with van der Waals surface area (Å²) in [5.41, 5.74) is -0.637. The van der Waals surface area contributed by atoms with Crippen molar-refractivity contribution in [2.45, 2.75) is 32.3 Å². The Kier molecular flexibility index (Phi) is 2.76. The van der Waals surface area contributed by atoms with E-state index in [4.69, 9.17) is 4.74 Å². The van der Waals surface area contributed by atoms with Crippen LogP contribution < -0.4 is 0 Å². The molecule has 1 aliphatic rings. The number of likely N-dealkylation sites (N-methyl/N-ethyl adjacent to an activating group) is 1. The van der Waals surface area contributed by atoms with Crippen LogP contribution in [0.5, 0.6) is 0 Å². The van der Waals surface area contributed by atoms with Crippen molar-refractivity contribution < 1.29 is 18.3 Å². The molecule has 0 spiro atoms. The number of alkyl halides is 2. The van der Waals surface area contributed by atoms with Crippen LogP contribution in [-0.2, 0) is 4.74 Å². The smallest absolute Gasteiger partial charge is 0.410 e. The van der Waals surface area contributed by atoms with Gasteiger partial charge in [0.25, 0.3) is 5.92 Å². The fraction of sp³-hybridized carbons (Fsp3) is 0.700. The van der Waals surface area contributed by atoms with Gasteiger partial charge in [0, 0.05) is 12.6 Å². The first-order valence-electron chi connectivity index (χ1n) is 4.66. The lowest BCUT2D eigenvalue weighted by Gasteiger charge is -2.24. The van der Waals surface area contributed by atoms with Crippen LogP contribution in [0.3, 0.4) is 0 Å². The summed E-state index contributed by atoms with van der Waals surface area (Å²) in [6.07, 6.45) is 0.250. The van der Waals surface area contributed by atoms with Gasteiger partial charge in [0.15, 0.2) is 0 Å². The Morgan fingerprint density at radius 2 is 2.00 bits per heavy atom. The van der Waals surface area contributed by atoms with Crippen molar-refractivity contribution in [1.82, 2.24) is 4.90 Å². The topological polar surface area (TPSA) is 29.5 Å². The first-order chi connectivity index (χ1) is 6.62. The summed E-state index contributed by atoms with van der Waals surface area (Å²) in [7, 11) is 1.43. The molecule has 0 heterocycles. The number of nitrogens with zero attached hydrogens (tertiary/aromatic N) is 1. The second-order valence-electron chi connectivity index (χ2n) is 4.63. The molecule has 5 heteroatoms. The van der Waals surface area contributed by atoms with Crippen molar-refractivity contribution in [3.8, 4) is 0 Å². The van der Waals surface area contributed by atoms with Crippen LogP contribution in [0.2, 0.25) is 0 Å². The third kappa shape index (κ3) is 3.49. The molecule has 0 fully saturated rings. The van der Waals surface area contributed by atoms with Crippen LogP contribution in [0.25, 0.3) is 0 Å². The number of halogens is 2. The molecule has 3 nitrogen and oxygen atoms in total. The van der Waals surface area contributed by atoms with E-state index in [9.17, 15) is 13.6 Å². The summed E-state index contributed by atoms with van der Waals surface area (Å²) in [5, 5.41) is 0. The van der Waals surface area contributed by atoms with E-state index >= 15 is 0 Å². The van der Waals surface area contributed by atoms with E-state index in [-0.39, 0.29) is 12.1 Å². The molecule has 1 amide bonds. The van der Waals surface area contributed by atoms with Gasteiger partial charge in [-0.05, 0) is 26.8 Å². The molecule has 0 aromatic carbocycles. The minimum absolute atomic E-state index is 0.0316. The summed E-state index contributed by atoms with van der Waals surface area (Å²) < 4.78 is 30.0. The molecule has 0 unspecified atom stereocenters. The van der Waals surface area contributed by atoms with Crippen molar-refractivity contribution in [2.24, 2.45) is 0 Å². The largest absolute Gasteiger partial charge is 0.444 e. The second-order valence-corrected chi connectivity index (χ2v) is 4.63. The van der Waals surface area contributed by atoms with E-state index in [0.717, 1.165) is 11.0 Å². The Balaban J connectivity index is 2.38. The molecule has 0 saturated heterocycles. The molecule has 0 aliphatic heterocycles. The third-order valence-corrected chi connectivity index (χ3v) is 1.81. The normalized spacial score (nSPS) is 18.1. The third-order valence-electron chi connectivity index (χ3n) is 1.81. The van der Waals surface area contributed by atoms with Gasteiger partial charge in [0.05, 0.1) is 6.54 Å². The van der Waals surface area contributed by atoms with E-state index in [1.165, 1.54) is 7.05 Å². The summed E-state index contributed by atoms with van der Waals surface area (Å²) in [5.74, 6) is -2.80. The van der Waals surface area contributed by atoms with Gasteiger partial charge in [-0.25, -0.2) is 4.79 Å². The zero-order valence-electron chi connectivity index (χ0n) is 9.30. The number of ether oxygens (including phenoxy) is 1. The quantitative estimate of drug-likeness (QED) is 0.667. The molecule has 0 aromatic heterocycles. The zero-order chi connectivity index (χ0) is 11.9. The fourth-order valence-electron chi connectivity index (χ4n) is 0.994. The van der Waals surface area contributed by atoms with Crippen molar-refractivity contribution in [1.29, 1.82) is 0 Å². The van der Waals surface area contributed by atoms with Crippen LogP contribution in [0, 0.1) is 0 Å². The van der Waals surface area contributed by atoms with E-state index in [2.05, 4.69) is 0 Å². The van der Waals surface area contributed by atoms with E-state index in [1.54, 1.807) is 20.8 Å². The average Bonchev–Trinajstić information content (AvgIpc) is 2.54. The maximum absolute atomic E-state index is 12.5. The molecule has 0 bridgehead atoms. The monoisotopic (exact) mass is 219 g/mol. The number of carbonyl (C=O) groups excluding carboxylic acids is 1. The summed E-state index contributed by atoms with van der Waals surface area (Å²) in [6.45, 7) is 5.10. The highest BCUT2D eigenvalue weighted by Gasteiger charge is 2.46. The number of rotatable bonds is 2. The van der Waals surface area contributed by atoms with Gasteiger partial charge < -0.3 is 9.64 Å². The Bertz CT molecular complexity index is 305. The molecule has 1 aliphatic carbocycles. The molecule has 86 valence electrons. The standard InChI is InChI=1S/C10H15F2NO2/c1-9(2,3)15-8(14)13(4)6-7-5-10(7,11)12/h5H,6H2,1-4H3. The van der Waals surface area contributed by atoms with Crippen molar-refractivity contribution >= 4 is 6.09 Å². The van der Waals surface area contributed by atoms with Crippen LogP contribution in [0.1, 0.15) is 20.8 Å². The van der Waals surface area contributed by atoms with Crippen molar-refractivity contribution in [2.75, 3.05) is 13.6 Å². The fourth-order valence-corrected chi connectivity index (χ4v) is 0.994. The predicted molar refractivity (Wildman–Crippen MR) is 51.9 cm³/mol. The van der Waals surface area contributed by atoms with Gasteiger partial charge >= 0.3 is 6.09 Å². The summed E-state index contributed by atoms with van der Waals surface area (Å²) in [6, 6.07) is 0. The van der Waals surface area contributed by atoms with Gasteiger partial charge in [-0.1, -0.05) is 0 Å². The van der Waals surface area contributed by atoms with Crippen molar-refractivity contribution in [3.05, 3.63) is 11.6 Å². The zero-order valence-corrected chi connectivity index (χ0v) is 9.30. The first-order valence-corrected chi connectivity index (χ1v) is 4.66. The van der Waals surface area contributed by atoms with Gasteiger partial charge in [0.1, 0.15) is 5.60 Å². The van der Waals surface area contributed by atoms with Gasteiger partial charge in [-0.2, -0.15) is 8.78 Å². The molecule has 0 aromatic rings. The van der Waals surface area contributed by atoms with E-state index < -0.39 is 17.6 Å². The number of carbonyl (C=O) groups is 1. The van der Waals surface area contributed by atoms with E-state index in [0.29, 0.717) is 0 Å². The summed E-state index contributed by atoms with van der Waals surface area (Å²) in [4.78, 5) is 12.5. The molecular formula is C10H15F2NO2. The molecule has 1 rings (SSSR count). The predicted octanol–water partition coefficient (Wildman–Crippen LogP) is 2.43. The minimum atomic E-state index is -2.80. The van der Waals surface area contributed by atoms with E-state index in [1.807, 2.05) is 0 Å². The molecule has 0 N–H and O–H groups in total. The molecule has 15 heavy (non-hydrogen) atoms. The number of amides is 1. The summed E-state index contributed by atoms with van der Waals surface area (Å²) >= 11 is 0. The van der Waals surface area contributed by atoms with Gasteiger partial charge in [-0.15, -0.1) is 0 Å². The Morgan fingerprint density at radius 1 is 1.53 bits per heavy atom. The molecule has 0 atom stereocenters. The highest BCUT2D eigenvalue weighted by atomic mass is 19.3. The minimum Gasteiger partial charge on any atom is -0.444 e. The van der Waals surface area contributed by atoms with Crippen LogP contribution in [0.4, 0.5) is 13.6 Å². The second kappa shape index (κ2) is 3.47. The average molecular weight is 219 g/mol. The molecule has 0 saturated carbocycles. The maximum Gasteiger partial charge on any atom is 0.410 e. The van der Waals surface area contributed by atoms with Crippen molar-refractivity contribution in [3.63, 3.8) is 0 Å².